The van der Waals surface area contributed by atoms with E-state index in [2.05, 4.69) is 160 Å². The summed E-state index contributed by atoms with van der Waals surface area (Å²) in [4.78, 5) is 37.6. The molecule has 0 aromatic rings. The monoisotopic (exact) mass is 1290 g/mol. The van der Waals surface area contributed by atoms with Crippen LogP contribution in [0.3, 0.4) is 0 Å². The van der Waals surface area contributed by atoms with Crippen molar-refractivity contribution >= 4 is 17.9 Å². The number of ether oxygens (including phenoxy) is 4. The molecule has 0 rings (SSSR count). The van der Waals surface area contributed by atoms with E-state index in [0.717, 1.165) is 116 Å². The molecule has 0 N–H and O–H groups in total. The number of allylic oxidation sites excluding steroid dienone is 24. The van der Waals surface area contributed by atoms with Crippen LogP contribution in [-0.2, 0) is 33.3 Å². The Morgan fingerprint density at radius 1 is 0.323 bits per heavy atom. The summed E-state index contributed by atoms with van der Waals surface area (Å²) >= 11 is 0. The van der Waals surface area contributed by atoms with E-state index < -0.39 is 24.3 Å². The maximum atomic E-state index is 13.0. The number of aliphatic carboxylic acids is 1. The average Bonchev–Trinajstić information content (AvgIpc) is 3.74. The zero-order chi connectivity index (χ0) is 67.5. The fourth-order valence-corrected chi connectivity index (χ4v) is 10.4. The summed E-state index contributed by atoms with van der Waals surface area (Å²) in [6.45, 7) is 4.54. The second-order valence-corrected chi connectivity index (χ2v) is 26.2. The molecule has 0 aromatic heterocycles. The maximum absolute atomic E-state index is 13.0. The fourth-order valence-electron chi connectivity index (χ4n) is 10.4. The number of hydrogen-bond donors (Lipinski definition) is 0. The Labute approximate surface area is 572 Å². The molecule has 93 heavy (non-hydrogen) atoms. The molecule has 0 radical (unpaired) electrons. The first-order valence-electron chi connectivity index (χ1n) is 38.0. The maximum Gasteiger partial charge on any atom is 0.306 e. The number of rotatable bonds is 69. The van der Waals surface area contributed by atoms with E-state index in [1.807, 2.05) is 21.1 Å². The molecule has 0 saturated heterocycles. The molecule has 530 valence electrons. The average molecular weight is 1290 g/mol. The van der Waals surface area contributed by atoms with E-state index in [1.165, 1.54) is 161 Å². The van der Waals surface area contributed by atoms with Crippen molar-refractivity contribution in [3.63, 3.8) is 0 Å². The summed E-state index contributed by atoms with van der Waals surface area (Å²) in [6.07, 6.45) is 104. The molecular weight excluding hydrogens is 1150 g/mol. The molecule has 0 fully saturated rings. The van der Waals surface area contributed by atoms with E-state index in [9.17, 15) is 19.5 Å². The van der Waals surface area contributed by atoms with Crippen LogP contribution in [0.5, 0.6) is 0 Å². The van der Waals surface area contributed by atoms with E-state index in [-0.39, 0.29) is 38.6 Å². The van der Waals surface area contributed by atoms with Crippen LogP contribution >= 0.6 is 0 Å². The molecule has 9 nitrogen and oxygen atoms in total. The third-order valence-electron chi connectivity index (χ3n) is 16.1. The van der Waals surface area contributed by atoms with Crippen molar-refractivity contribution in [3.8, 4) is 0 Å². The smallest absolute Gasteiger partial charge is 0.306 e. The van der Waals surface area contributed by atoms with Crippen LogP contribution in [0.25, 0.3) is 0 Å². The topological polar surface area (TPSA) is 111 Å². The predicted octanol–water partition coefficient (Wildman–Crippen LogP) is 22.9. The Morgan fingerprint density at radius 3 is 0.860 bits per heavy atom. The summed E-state index contributed by atoms with van der Waals surface area (Å²) in [5, 5.41) is 11.9. The van der Waals surface area contributed by atoms with Gasteiger partial charge >= 0.3 is 11.9 Å². The van der Waals surface area contributed by atoms with Gasteiger partial charge in [0.2, 0.25) is 0 Å². The number of unbranched alkanes of at least 4 members (excludes halogenated alkanes) is 30. The molecule has 9 heteroatoms. The lowest BCUT2D eigenvalue weighted by molar-refractivity contribution is -0.870. The Hall–Kier alpha value is -4.83. The molecule has 0 aliphatic heterocycles. The fraction of sp³-hybridized carbons (Fsp3) is 0.679. The van der Waals surface area contributed by atoms with Crippen LogP contribution in [0.1, 0.15) is 309 Å². The molecule has 0 aliphatic rings. The van der Waals surface area contributed by atoms with Gasteiger partial charge in [-0.15, -0.1) is 0 Å². The minimum absolute atomic E-state index is 0.143. The normalized spacial score (nSPS) is 13.5. The minimum atomic E-state index is -1.63. The zero-order valence-electron chi connectivity index (χ0n) is 60.6. The molecular formula is C84H141NO8. The highest BCUT2D eigenvalue weighted by Gasteiger charge is 2.22. The summed E-state index contributed by atoms with van der Waals surface area (Å²) in [5.74, 6) is -2.28. The van der Waals surface area contributed by atoms with E-state index >= 15 is 0 Å². The number of carbonyl (C=O) groups is 3. The van der Waals surface area contributed by atoms with Gasteiger partial charge in [-0.25, -0.2) is 0 Å². The van der Waals surface area contributed by atoms with Crippen molar-refractivity contribution in [3.05, 3.63) is 146 Å². The number of carbonyl (C=O) groups excluding carboxylic acids is 3. The Kier molecular flexibility index (Phi) is 69.2. The van der Waals surface area contributed by atoms with Crippen molar-refractivity contribution in [1.82, 2.24) is 0 Å². The zero-order valence-corrected chi connectivity index (χ0v) is 60.6. The molecule has 0 saturated carbocycles. The Bertz CT molecular complexity index is 2040. The lowest BCUT2D eigenvalue weighted by atomic mass is 10.0. The summed E-state index contributed by atoms with van der Waals surface area (Å²) in [6, 6.07) is 0. The third-order valence-corrected chi connectivity index (χ3v) is 16.1. The van der Waals surface area contributed by atoms with Gasteiger partial charge in [-0.1, -0.05) is 327 Å². The first-order chi connectivity index (χ1) is 45.6. The van der Waals surface area contributed by atoms with Gasteiger partial charge in [-0.2, -0.15) is 0 Å². The first kappa shape index (κ1) is 88.2. The number of carboxylic acid groups (broad SMARTS) is 1. The molecule has 2 unspecified atom stereocenters. The van der Waals surface area contributed by atoms with Crippen LogP contribution in [-0.4, -0.2) is 82.3 Å². The number of nitrogens with zero attached hydrogens (tertiary/aromatic N) is 1. The largest absolute Gasteiger partial charge is 0.545 e. The lowest BCUT2D eigenvalue weighted by Gasteiger charge is -2.26. The molecule has 0 amide bonds. The highest BCUT2D eigenvalue weighted by molar-refractivity contribution is 5.70. The lowest BCUT2D eigenvalue weighted by Crippen LogP contribution is -2.44. The van der Waals surface area contributed by atoms with Crippen LogP contribution in [0.2, 0.25) is 0 Å². The first-order valence-corrected chi connectivity index (χ1v) is 38.0. The highest BCUT2D eigenvalue weighted by Crippen LogP contribution is 2.18. The van der Waals surface area contributed by atoms with Gasteiger partial charge in [0.25, 0.3) is 0 Å². The van der Waals surface area contributed by atoms with Crippen molar-refractivity contribution in [2.45, 2.75) is 322 Å². The predicted molar refractivity (Wildman–Crippen MR) is 398 cm³/mol. The van der Waals surface area contributed by atoms with Crippen LogP contribution in [0.4, 0.5) is 0 Å². The SMILES string of the molecule is CC/C=C\C/C=C\C/C=C\C/C=C\C/C=C\C/C=C\CCCCCCCCCCCCCCCCCCC(=O)OC(COC(=O)CCCCCCCCCCCCCCCC/C=C\C/C=C\C/C=C\C/C=C\C/C=C\C/C=C\CC)COC(OCC[N+](C)(C)C)C(=O)[O-]. The molecule has 0 aromatic carbocycles. The van der Waals surface area contributed by atoms with Gasteiger partial charge in [-0.3, -0.25) is 9.59 Å². The summed E-state index contributed by atoms with van der Waals surface area (Å²) < 4.78 is 22.8. The second-order valence-electron chi connectivity index (χ2n) is 26.2. The molecule has 0 aliphatic carbocycles. The van der Waals surface area contributed by atoms with Gasteiger partial charge < -0.3 is 33.3 Å². The van der Waals surface area contributed by atoms with Gasteiger partial charge in [0.05, 0.1) is 40.3 Å². The summed E-state index contributed by atoms with van der Waals surface area (Å²) in [5.41, 5.74) is 0. The number of hydrogen-bond acceptors (Lipinski definition) is 8. The quantitative estimate of drug-likeness (QED) is 0.0195. The summed E-state index contributed by atoms with van der Waals surface area (Å²) in [7, 11) is 5.93. The highest BCUT2D eigenvalue weighted by atomic mass is 16.7. The number of esters is 2. The van der Waals surface area contributed by atoms with Crippen molar-refractivity contribution in [1.29, 1.82) is 0 Å². The number of carboxylic acids is 1. The second kappa shape index (κ2) is 73.0. The van der Waals surface area contributed by atoms with Crippen LogP contribution in [0, 0.1) is 0 Å². The standard InChI is InChI=1S/C84H141NO8/c1-6-8-10-12-14-16-18-20-22-24-26-28-30-32-34-36-38-40-41-43-45-47-49-51-53-55-57-59-61-63-65-67-69-71-73-75-82(87)93-80(79-92-84(83(88)89)90-77-76-85(3,4)5)78-91-81(86)74-72-70-68-66-64-62-60-58-56-54-52-50-48-46-44-42-39-37-35-33-31-29-27-25-23-21-19-17-15-13-11-9-7-2/h8-11,14-17,20-23,26-29,32-35,38-40,42,80,84H,6-7,12-13,18-19,24-25,30-31,36-37,41,43-79H2,1-5H3/b10-8-,11-9-,16-14-,17-15-,22-20-,23-21-,28-26-,29-27-,34-32-,35-33-,40-38-,42-39-. The minimum Gasteiger partial charge on any atom is -0.545 e. The van der Waals surface area contributed by atoms with Gasteiger partial charge in [0.1, 0.15) is 13.2 Å². The van der Waals surface area contributed by atoms with Crippen molar-refractivity contribution in [2.75, 3.05) is 47.5 Å². The molecule has 2 atom stereocenters. The van der Waals surface area contributed by atoms with Crippen LogP contribution < -0.4 is 5.11 Å². The van der Waals surface area contributed by atoms with E-state index in [1.54, 1.807) is 0 Å². The van der Waals surface area contributed by atoms with E-state index in [0.29, 0.717) is 17.4 Å². The molecule has 0 bridgehead atoms. The Balaban J connectivity index is 4.08. The third kappa shape index (κ3) is 74.4. The van der Waals surface area contributed by atoms with Gasteiger partial charge in [0.15, 0.2) is 12.4 Å². The Morgan fingerprint density at radius 2 is 0.581 bits per heavy atom. The van der Waals surface area contributed by atoms with Crippen molar-refractivity contribution in [2.24, 2.45) is 0 Å². The molecule has 0 spiro atoms. The van der Waals surface area contributed by atoms with Crippen LogP contribution in [0.15, 0.2) is 146 Å². The molecule has 0 heterocycles. The number of likely N-dealkylation sites (N-methyl/N-ethyl adjacent to an activating group) is 1. The van der Waals surface area contributed by atoms with Gasteiger partial charge in [0, 0.05) is 12.8 Å². The van der Waals surface area contributed by atoms with Gasteiger partial charge in [-0.05, 0) is 116 Å². The van der Waals surface area contributed by atoms with E-state index in [4.69, 9.17) is 18.9 Å². The number of quaternary nitrogens is 1. The van der Waals surface area contributed by atoms with Crippen molar-refractivity contribution < 1.29 is 42.9 Å².